The predicted octanol–water partition coefficient (Wildman–Crippen LogP) is 4.31. The molecule has 0 aromatic rings. The van der Waals surface area contributed by atoms with Crippen LogP contribution in [0.5, 0.6) is 0 Å². The van der Waals surface area contributed by atoms with Crippen LogP contribution in [0.4, 0.5) is 0 Å². The van der Waals surface area contributed by atoms with Crippen molar-refractivity contribution in [1.29, 1.82) is 0 Å². The van der Waals surface area contributed by atoms with Crippen molar-refractivity contribution in [2.75, 3.05) is 7.11 Å². The van der Waals surface area contributed by atoms with E-state index >= 15 is 0 Å². The second-order valence-corrected chi connectivity index (χ2v) is 4.60. The fourth-order valence-corrected chi connectivity index (χ4v) is 1.55. The van der Waals surface area contributed by atoms with E-state index < -0.39 is 0 Å². The highest BCUT2D eigenvalue weighted by atomic mass is 16.5. The van der Waals surface area contributed by atoms with Gasteiger partial charge in [0.05, 0.1) is 7.11 Å². The van der Waals surface area contributed by atoms with E-state index in [1.165, 1.54) is 18.4 Å². The van der Waals surface area contributed by atoms with Gasteiger partial charge in [-0.05, 0) is 29.9 Å². The van der Waals surface area contributed by atoms with Crippen LogP contribution in [0, 0.1) is 5.41 Å². The monoisotopic (exact) mass is 196 g/mol. The van der Waals surface area contributed by atoms with Crippen LogP contribution in [0.3, 0.4) is 0 Å². The zero-order valence-corrected chi connectivity index (χ0v) is 10.3. The molecule has 14 heavy (non-hydrogen) atoms. The minimum absolute atomic E-state index is 0.175. The lowest BCUT2D eigenvalue weighted by molar-refractivity contribution is 0.286. The Morgan fingerprint density at radius 2 is 1.93 bits per heavy atom. The number of hydrogen-bond acceptors (Lipinski definition) is 1. The molecule has 0 bridgehead atoms. The van der Waals surface area contributed by atoms with Crippen molar-refractivity contribution in [3.63, 3.8) is 0 Å². The van der Waals surface area contributed by atoms with Crippen LogP contribution in [-0.4, -0.2) is 7.11 Å². The summed E-state index contributed by atoms with van der Waals surface area (Å²) >= 11 is 0. The Morgan fingerprint density at radius 1 is 1.36 bits per heavy atom. The SMILES string of the molecule is C=C/C(OC)=C(\CCCC)C(C)(C)C. The van der Waals surface area contributed by atoms with Gasteiger partial charge in [-0.2, -0.15) is 0 Å². The summed E-state index contributed by atoms with van der Waals surface area (Å²) in [6.45, 7) is 12.7. The van der Waals surface area contributed by atoms with Gasteiger partial charge in [0.2, 0.25) is 0 Å². The number of ether oxygens (including phenoxy) is 1. The molecule has 0 N–H and O–H groups in total. The van der Waals surface area contributed by atoms with Crippen molar-refractivity contribution >= 4 is 0 Å². The summed E-state index contributed by atoms with van der Waals surface area (Å²) in [6.07, 6.45) is 5.35. The molecule has 0 aliphatic heterocycles. The standard InChI is InChI=1S/C13H24O/c1-7-9-10-11(13(3,4)5)12(8-2)14-6/h8H,2,7,9-10H2,1,3-6H3/b12-11-. The van der Waals surface area contributed by atoms with E-state index in [2.05, 4.69) is 34.3 Å². The molecule has 1 nitrogen and oxygen atoms in total. The van der Waals surface area contributed by atoms with Gasteiger partial charge in [-0.25, -0.2) is 0 Å². The van der Waals surface area contributed by atoms with Gasteiger partial charge in [-0.15, -0.1) is 0 Å². The minimum Gasteiger partial charge on any atom is -0.497 e. The molecule has 0 aromatic carbocycles. The van der Waals surface area contributed by atoms with Gasteiger partial charge in [0.25, 0.3) is 0 Å². The summed E-state index contributed by atoms with van der Waals surface area (Å²) in [5, 5.41) is 0. The molecule has 0 atom stereocenters. The van der Waals surface area contributed by atoms with Crippen LogP contribution in [0.1, 0.15) is 47.0 Å². The summed E-state index contributed by atoms with van der Waals surface area (Å²) in [5.74, 6) is 0.950. The molecular formula is C13H24O. The third kappa shape index (κ3) is 3.99. The zero-order valence-electron chi connectivity index (χ0n) is 10.3. The molecule has 82 valence electrons. The highest BCUT2D eigenvalue weighted by molar-refractivity contribution is 5.23. The average Bonchev–Trinajstić information content (AvgIpc) is 2.10. The van der Waals surface area contributed by atoms with Gasteiger partial charge < -0.3 is 4.74 Å². The van der Waals surface area contributed by atoms with Gasteiger partial charge in [-0.1, -0.05) is 40.7 Å². The molecule has 0 aliphatic rings. The van der Waals surface area contributed by atoms with E-state index in [9.17, 15) is 0 Å². The second-order valence-electron chi connectivity index (χ2n) is 4.60. The maximum Gasteiger partial charge on any atom is 0.117 e. The Balaban J connectivity index is 4.87. The lowest BCUT2D eigenvalue weighted by Gasteiger charge is -2.25. The van der Waals surface area contributed by atoms with Gasteiger partial charge in [0, 0.05) is 0 Å². The highest BCUT2D eigenvalue weighted by Crippen LogP contribution is 2.32. The molecule has 0 heterocycles. The summed E-state index contributed by atoms with van der Waals surface area (Å²) in [7, 11) is 1.72. The van der Waals surface area contributed by atoms with E-state index in [0.717, 1.165) is 12.2 Å². The first kappa shape index (κ1) is 13.3. The number of allylic oxidation sites excluding steroid dienone is 2. The van der Waals surface area contributed by atoms with Crippen molar-refractivity contribution < 1.29 is 4.74 Å². The highest BCUT2D eigenvalue weighted by Gasteiger charge is 2.20. The Bertz CT molecular complexity index is 206. The third-order valence-electron chi connectivity index (χ3n) is 2.39. The Labute approximate surface area is 88.9 Å². The molecule has 0 spiro atoms. The molecule has 0 radical (unpaired) electrons. The van der Waals surface area contributed by atoms with Crippen molar-refractivity contribution in [1.82, 2.24) is 0 Å². The second kappa shape index (κ2) is 5.90. The topological polar surface area (TPSA) is 9.23 Å². The lowest BCUT2D eigenvalue weighted by Crippen LogP contribution is -2.12. The van der Waals surface area contributed by atoms with E-state index in [0.29, 0.717) is 0 Å². The van der Waals surface area contributed by atoms with Crippen molar-refractivity contribution in [3.8, 4) is 0 Å². The molecule has 0 fully saturated rings. The normalized spacial score (nSPS) is 13.5. The van der Waals surface area contributed by atoms with Crippen LogP contribution in [0.2, 0.25) is 0 Å². The Kier molecular flexibility index (Phi) is 5.59. The van der Waals surface area contributed by atoms with Crippen molar-refractivity contribution in [2.24, 2.45) is 5.41 Å². The summed E-state index contributed by atoms with van der Waals surface area (Å²) < 4.78 is 5.35. The van der Waals surface area contributed by atoms with Crippen molar-refractivity contribution in [2.45, 2.75) is 47.0 Å². The van der Waals surface area contributed by atoms with Gasteiger partial charge in [0.15, 0.2) is 0 Å². The van der Waals surface area contributed by atoms with Gasteiger partial charge >= 0.3 is 0 Å². The minimum atomic E-state index is 0.175. The molecule has 0 unspecified atom stereocenters. The van der Waals surface area contributed by atoms with Gasteiger partial charge in [-0.3, -0.25) is 0 Å². The molecule has 0 amide bonds. The van der Waals surface area contributed by atoms with Crippen LogP contribution in [-0.2, 0) is 4.74 Å². The fraction of sp³-hybridized carbons (Fsp3) is 0.692. The Morgan fingerprint density at radius 3 is 2.21 bits per heavy atom. The van der Waals surface area contributed by atoms with E-state index in [1.807, 2.05) is 6.08 Å². The maximum absolute atomic E-state index is 5.35. The van der Waals surface area contributed by atoms with Crippen LogP contribution >= 0.6 is 0 Å². The smallest absolute Gasteiger partial charge is 0.117 e. The molecule has 0 aromatic heterocycles. The Hall–Kier alpha value is -0.720. The number of rotatable bonds is 5. The van der Waals surface area contributed by atoms with E-state index in [1.54, 1.807) is 7.11 Å². The fourth-order valence-electron chi connectivity index (χ4n) is 1.55. The molecule has 0 rings (SSSR count). The van der Waals surface area contributed by atoms with E-state index in [4.69, 9.17) is 4.74 Å². The van der Waals surface area contributed by atoms with Crippen LogP contribution in [0.25, 0.3) is 0 Å². The molecule has 0 saturated carbocycles. The molecular weight excluding hydrogens is 172 g/mol. The summed E-state index contributed by atoms with van der Waals surface area (Å²) in [4.78, 5) is 0. The van der Waals surface area contributed by atoms with Gasteiger partial charge in [0.1, 0.15) is 5.76 Å². The van der Waals surface area contributed by atoms with Crippen molar-refractivity contribution in [3.05, 3.63) is 24.0 Å². The number of hydrogen-bond donors (Lipinski definition) is 0. The first-order valence-corrected chi connectivity index (χ1v) is 5.37. The summed E-state index contributed by atoms with van der Waals surface area (Å²) in [6, 6.07) is 0. The van der Waals surface area contributed by atoms with E-state index in [-0.39, 0.29) is 5.41 Å². The quantitative estimate of drug-likeness (QED) is 0.470. The van der Waals surface area contributed by atoms with Crippen LogP contribution in [0.15, 0.2) is 24.0 Å². The first-order valence-electron chi connectivity index (χ1n) is 5.37. The predicted molar refractivity (Wildman–Crippen MR) is 63.2 cm³/mol. The number of methoxy groups -OCH3 is 1. The third-order valence-corrected chi connectivity index (χ3v) is 2.39. The summed E-state index contributed by atoms with van der Waals surface area (Å²) in [5.41, 5.74) is 1.55. The average molecular weight is 196 g/mol. The van der Waals surface area contributed by atoms with Crippen LogP contribution < -0.4 is 0 Å². The molecule has 0 saturated heterocycles. The lowest BCUT2D eigenvalue weighted by atomic mass is 9.82. The largest absolute Gasteiger partial charge is 0.497 e. The number of unbranched alkanes of at least 4 members (excludes halogenated alkanes) is 1. The molecule has 1 heteroatoms. The molecule has 0 aliphatic carbocycles. The first-order chi connectivity index (χ1) is 6.47. The maximum atomic E-state index is 5.35. The zero-order chi connectivity index (χ0) is 11.2.